The zero-order valence-electron chi connectivity index (χ0n) is 11.4. The number of nitrogens with one attached hydrogen (secondary N) is 1. The molecule has 0 bridgehead atoms. The lowest BCUT2D eigenvalue weighted by molar-refractivity contribution is 0.574. The van der Waals surface area contributed by atoms with E-state index in [0.717, 1.165) is 11.8 Å². The summed E-state index contributed by atoms with van der Waals surface area (Å²) in [7, 11) is -3.87. The van der Waals surface area contributed by atoms with Gasteiger partial charge in [-0.15, -0.1) is 0 Å². The van der Waals surface area contributed by atoms with Crippen molar-refractivity contribution in [2.24, 2.45) is 5.73 Å². The maximum absolute atomic E-state index is 13.3. The van der Waals surface area contributed by atoms with Crippen LogP contribution in [0.3, 0.4) is 0 Å². The van der Waals surface area contributed by atoms with Crippen molar-refractivity contribution in [3.8, 4) is 0 Å². The Morgan fingerprint density at radius 2 is 2.05 bits per heavy atom. The van der Waals surface area contributed by atoms with Crippen LogP contribution in [-0.4, -0.2) is 18.4 Å². The number of benzene rings is 1. The molecule has 112 valence electrons. The van der Waals surface area contributed by atoms with E-state index in [4.69, 9.17) is 5.73 Å². The van der Waals surface area contributed by atoms with Crippen LogP contribution in [-0.2, 0) is 23.1 Å². The predicted molar refractivity (Wildman–Crippen MR) is 75.1 cm³/mol. The van der Waals surface area contributed by atoms with Crippen molar-refractivity contribution in [2.75, 3.05) is 0 Å². The van der Waals surface area contributed by atoms with Crippen LogP contribution in [0.25, 0.3) is 0 Å². The maximum Gasteiger partial charge on any atom is 0.241 e. The normalized spacial score (nSPS) is 11.6. The molecule has 2 aromatic rings. The van der Waals surface area contributed by atoms with Crippen molar-refractivity contribution < 1.29 is 12.8 Å². The molecule has 0 saturated carbocycles. The smallest absolute Gasteiger partial charge is 0.241 e. The Hall–Kier alpha value is -1.90. The first-order chi connectivity index (χ1) is 9.92. The van der Waals surface area contributed by atoms with Crippen LogP contribution in [0.1, 0.15) is 17.0 Å². The molecule has 1 heterocycles. The summed E-state index contributed by atoms with van der Waals surface area (Å²) in [4.78, 5) is 7.91. The third-order valence-electron chi connectivity index (χ3n) is 2.82. The van der Waals surface area contributed by atoms with Gasteiger partial charge in [0.25, 0.3) is 0 Å². The standard InChI is InChI=1S/C13H15FN4O2S/c1-9-6-17-12(7-16-9)8-18-21(19,20)13-4-11(14)3-2-10(13)5-15/h2-4,6-7,18H,5,8,15H2,1H3. The summed E-state index contributed by atoms with van der Waals surface area (Å²) in [5.74, 6) is -0.636. The fourth-order valence-electron chi connectivity index (χ4n) is 1.70. The highest BCUT2D eigenvalue weighted by atomic mass is 32.2. The fraction of sp³-hybridized carbons (Fsp3) is 0.231. The van der Waals surface area contributed by atoms with E-state index in [1.165, 1.54) is 24.5 Å². The molecule has 0 amide bonds. The summed E-state index contributed by atoms with van der Waals surface area (Å²) < 4.78 is 40.1. The Morgan fingerprint density at radius 3 is 2.67 bits per heavy atom. The van der Waals surface area contributed by atoms with Crippen LogP contribution in [0.15, 0.2) is 35.5 Å². The van der Waals surface area contributed by atoms with Gasteiger partial charge in [-0.25, -0.2) is 17.5 Å². The molecule has 0 unspecified atom stereocenters. The van der Waals surface area contributed by atoms with Gasteiger partial charge < -0.3 is 5.73 Å². The van der Waals surface area contributed by atoms with E-state index in [9.17, 15) is 12.8 Å². The van der Waals surface area contributed by atoms with Gasteiger partial charge in [-0.1, -0.05) is 6.07 Å². The second kappa shape index (κ2) is 6.25. The van der Waals surface area contributed by atoms with E-state index in [-0.39, 0.29) is 18.0 Å². The topological polar surface area (TPSA) is 98.0 Å². The predicted octanol–water partition coefficient (Wildman–Crippen LogP) is 0.861. The Morgan fingerprint density at radius 1 is 1.29 bits per heavy atom. The summed E-state index contributed by atoms with van der Waals surface area (Å²) in [6.45, 7) is 1.75. The zero-order chi connectivity index (χ0) is 15.5. The maximum atomic E-state index is 13.3. The summed E-state index contributed by atoms with van der Waals surface area (Å²) in [5.41, 5.74) is 7.03. The molecular formula is C13H15FN4O2S. The quantitative estimate of drug-likeness (QED) is 0.853. The number of hydrogen-bond acceptors (Lipinski definition) is 5. The van der Waals surface area contributed by atoms with Crippen molar-refractivity contribution in [1.29, 1.82) is 0 Å². The molecule has 0 fully saturated rings. The lowest BCUT2D eigenvalue weighted by atomic mass is 10.2. The number of nitrogens with zero attached hydrogens (tertiary/aromatic N) is 2. The van der Waals surface area contributed by atoms with Crippen molar-refractivity contribution >= 4 is 10.0 Å². The van der Waals surface area contributed by atoms with Crippen molar-refractivity contribution in [1.82, 2.24) is 14.7 Å². The molecule has 0 saturated heterocycles. The van der Waals surface area contributed by atoms with Crippen LogP contribution < -0.4 is 10.5 Å². The molecule has 1 aromatic heterocycles. The Labute approximate surface area is 122 Å². The van der Waals surface area contributed by atoms with Gasteiger partial charge in [-0.2, -0.15) is 0 Å². The second-order valence-corrected chi connectivity index (χ2v) is 6.17. The van der Waals surface area contributed by atoms with Gasteiger partial charge in [-0.3, -0.25) is 9.97 Å². The molecule has 0 aliphatic heterocycles. The Kier molecular flexibility index (Phi) is 4.61. The molecule has 21 heavy (non-hydrogen) atoms. The molecule has 0 atom stereocenters. The molecule has 1 aromatic carbocycles. The monoisotopic (exact) mass is 310 g/mol. The van der Waals surface area contributed by atoms with E-state index < -0.39 is 15.8 Å². The van der Waals surface area contributed by atoms with Gasteiger partial charge in [-0.05, 0) is 24.6 Å². The molecule has 6 nitrogen and oxygen atoms in total. The number of aromatic nitrogens is 2. The van der Waals surface area contributed by atoms with E-state index in [2.05, 4.69) is 14.7 Å². The fourth-order valence-corrected chi connectivity index (χ4v) is 2.96. The van der Waals surface area contributed by atoms with Gasteiger partial charge in [0, 0.05) is 12.7 Å². The Bertz CT molecular complexity index is 732. The number of nitrogens with two attached hydrogens (primary N) is 1. The SMILES string of the molecule is Cc1cnc(CNS(=O)(=O)c2cc(F)ccc2CN)cn1. The molecule has 2 rings (SSSR count). The van der Waals surface area contributed by atoms with E-state index >= 15 is 0 Å². The number of rotatable bonds is 5. The van der Waals surface area contributed by atoms with Gasteiger partial charge in [0.15, 0.2) is 0 Å². The van der Waals surface area contributed by atoms with Gasteiger partial charge in [0.05, 0.1) is 29.0 Å². The van der Waals surface area contributed by atoms with Crippen LogP contribution in [0.2, 0.25) is 0 Å². The van der Waals surface area contributed by atoms with Crippen LogP contribution in [0.4, 0.5) is 4.39 Å². The summed E-state index contributed by atoms with van der Waals surface area (Å²) >= 11 is 0. The van der Waals surface area contributed by atoms with E-state index in [1.54, 1.807) is 6.92 Å². The molecule has 0 aliphatic carbocycles. The highest BCUT2D eigenvalue weighted by molar-refractivity contribution is 7.89. The average molecular weight is 310 g/mol. The molecule has 0 radical (unpaired) electrons. The largest absolute Gasteiger partial charge is 0.326 e. The van der Waals surface area contributed by atoms with Crippen LogP contribution in [0, 0.1) is 12.7 Å². The van der Waals surface area contributed by atoms with Gasteiger partial charge in [0.2, 0.25) is 10.0 Å². The summed E-state index contributed by atoms with van der Waals surface area (Å²) in [6, 6.07) is 3.48. The molecular weight excluding hydrogens is 295 g/mol. The van der Waals surface area contributed by atoms with Crippen LogP contribution in [0.5, 0.6) is 0 Å². The molecule has 8 heteroatoms. The minimum atomic E-state index is -3.87. The average Bonchev–Trinajstić information content (AvgIpc) is 2.47. The highest BCUT2D eigenvalue weighted by Crippen LogP contribution is 2.17. The number of aryl methyl sites for hydroxylation is 1. The third-order valence-corrected chi connectivity index (χ3v) is 4.30. The first-order valence-electron chi connectivity index (χ1n) is 6.18. The first-order valence-corrected chi connectivity index (χ1v) is 7.66. The van der Waals surface area contributed by atoms with Crippen molar-refractivity contribution in [3.63, 3.8) is 0 Å². The van der Waals surface area contributed by atoms with Crippen molar-refractivity contribution in [2.45, 2.75) is 24.9 Å². The minimum Gasteiger partial charge on any atom is -0.326 e. The zero-order valence-corrected chi connectivity index (χ0v) is 12.2. The first kappa shape index (κ1) is 15.5. The molecule has 0 spiro atoms. The lowest BCUT2D eigenvalue weighted by Gasteiger charge is -2.10. The molecule has 3 N–H and O–H groups in total. The van der Waals surface area contributed by atoms with E-state index in [1.807, 2.05) is 0 Å². The van der Waals surface area contributed by atoms with Crippen molar-refractivity contribution in [3.05, 3.63) is 53.4 Å². The lowest BCUT2D eigenvalue weighted by Crippen LogP contribution is -2.25. The van der Waals surface area contributed by atoms with Gasteiger partial charge >= 0.3 is 0 Å². The van der Waals surface area contributed by atoms with E-state index in [0.29, 0.717) is 11.3 Å². The number of halogens is 1. The van der Waals surface area contributed by atoms with Gasteiger partial charge in [0.1, 0.15) is 5.82 Å². The third kappa shape index (κ3) is 3.81. The molecule has 0 aliphatic rings. The Balaban J connectivity index is 2.22. The van der Waals surface area contributed by atoms with Crippen LogP contribution >= 0.6 is 0 Å². The summed E-state index contributed by atoms with van der Waals surface area (Å²) in [5, 5.41) is 0. The minimum absolute atomic E-state index is 0.000854. The number of hydrogen-bond donors (Lipinski definition) is 2. The number of sulfonamides is 1. The highest BCUT2D eigenvalue weighted by Gasteiger charge is 2.18. The summed E-state index contributed by atoms with van der Waals surface area (Å²) in [6.07, 6.45) is 3.02. The second-order valence-electron chi connectivity index (χ2n) is 4.43.